The number of nitrogens with zero attached hydrogens (tertiary/aromatic N) is 1. The van der Waals surface area contributed by atoms with Crippen LogP contribution >= 0.6 is 0 Å². The molecule has 0 aliphatic heterocycles. The third-order valence-electron chi connectivity index (χ3n) is 2.99. The summed E-state index contributed by atoms with van der Waals surface area (Å²) in [6.45, 7) is 1.80. The van der Waals surface area contributed by atoms with Crippen LogP contribution in [0.1, 0.15) is 23.0 Å². The van der Waals surface area contributed by atoms with Crippen molar-refractivity contribution in [3.8, 4) is 17.0 Å². The largest absolute Gasteiger partial charge is 0.496 e. The first-order valence-electron chi connectivity index (χ1n) is 6.14. The Kier molecular flexibility index (Phi) is 3.98. The van der Waals surface area contributed by atoms with Crippen LogP contribution in [0.5, 0.6) is 5.75 Å². The molecule has 2 aromatic rings. The molecule has 0 bridgehead atoms. The van der Waals surface area contributed by atoms with E-state index in [1.807, 2.05) is 0 Å². The Morgan fingerprint density at radius 3 is 2.70 bits per heavy atom. The van der Waals surface area contributed by atoms with E-state index in [9.17, 15) is 9.18 Å². The molecule has 0 spiro atoms. The molecule has 0 atom stereocenters. The molecule has 20 heavy (non-hydrogen) atoms. The molecule has 104 valence electrons. The van der Waals surface area contributed by atoms with Gasteiger partial charge in [0.2, 0.25) is 0 Å². The first-order chi connectivity index (χ1) is 9.58. The second kappa shape index (κ2) is 5.69. The molecular weight excluding hydrogens is 261 g/mol. The van der Waals surface area contributed by atoms with Gasteiger partial charge in [-0.05, 0) is 30.7 Å². The van der Waals surface area contributed by atoms with Crippen molar-refractivity contribution in [3.63, 3.8) is 0 Å². The monoisotopic (exact) mass is 275 g/mol. The molecule has 1 aromatic heterocycles. The van der Waals surface area contributed by atoms with Crippen LogP contribution in [0.4, 0.5) is 4.39 Å². The fourth-order valence-electron chi connectivity index (χ4n) is 2.03. The smallest absolute Gasteiger partial charge is 0.337 e. The highest BCUT2D eigenvalue weighted by Crippen LogP contribution is 2.31. The Morgan fingerprint density at radius 1 is 1.35 bits per heavy atom. The molecule has 0 radical (unpaired) electrons. The van der Waals surface area contributed by atoms with Crippen LogP contribution in [-0.4, -0.2) is 23.2 Å². The summed E-state index contributed by atoms with van der Waals surface area (Å²) in [5.74, 6) is -1.13. The summed E-state index contributed by atoms with van der Waals surface area (Å²) in [6.07, 6.45) is 0.451. The second-order valence-electron chi connectivity index (χ2n) is 4.17. The molecule has 0 saturated carbocycles. The van der Waals surface area contributed by atoms with Crippen molar-refractivity contribution in [2.24, 2.45) is 0 Å². The molecule has 0 aliphatic rings. The van der Waals surface area contributed by atoms with Gasteiger partial charge >= 0.3 is 5.97 Å². The molecule has 4 nitrogen and oxygen atoms in total. The number of halogens is 1. The van der Waals surface area contributed by atoms with Crippen LogP contribution in [0.15, 0.2) is 30.3 Å². The number of pyridine rings is 1. The number of aromatic carboxylic acids is 1. The lowest BCUT2D eigenvalue weighted by molar-refractivity contribution is 0.0695. The van der Waals surface area contributed by atoms with E-state index in [0.29, 0.717) is 23.6 Å². The van der Waals surface area contributed by atoms with Crippen LogP contribution in [0, 0.1) is 5.82 Å². The van der Waals surface area contributed by atoms with Gasteiger partial charge < -0.3 is 9.84 Å². The Balaban J connectivity index is 2.62. The fraction of sp³-hybridized carbons (Fsp3) is 0.200. The lowest BCUT2D eigenvalue weighted by Crippen LogP contribution is -2.05. The fourth-order valence-corrected chi connectivity index (χ4v) is 2.03. The number of ether oxygens (including phenoxy) is 1. The number of carboxylic acid groups (broad SMARTS) is 1. The van der Waals surface area contributed by atoms with Crippen LogP contribution in [0.2, 0.25) is 0 Å². The molecule has 0 unspecified atom stereocenters. The SMILES string of the molecule is CCc1nc(-c2c(F)cccc2OC)ccc1C(=O)O. The van der Waals surface area contributed by atoms with Crippen molar-refractivity contribution in [2.75, 3.05) is 7.11 Å². The van der Waals surface area contributed by atoms with Crippen molar-refractivity contribution in [1.29, 1.82) is 0 Å². The van der Waals surface area contributed by atoms with Gasteiger partial charge in [0, 0.05) is 0 Å². The van der Waals surface area contributed by atoms with E-state index in [0.717, 1.165) is 0 Å². The zero-order valence-electron chi connectivity index (χ0n) is 11.2. The Labute approximate surface area is 115 Å². The maximum absolute atomic E-state index is 14.0. The molecule has 1 aromatic carbocycles. The van der Waals surface area contributed by atoms with Crippen LogP contribution in [0.25, 0.3) is 11.3 Å². The number of aryl methyl sites for hydroxylation is 1. The van der Waals surface area contributed by atoms with Gasteiger partial charge in [-0.1, -0.05) is 13.0 Å². The average Bonchev–Trinajstić information content (AvgIpc) is 2.46. The van der Waals surface area contributed by atoms with E-state index >= 15 is 0 Å². The van der Waals surface area contributed by atoms with Crippen molar-refractivity contribution < 1.29 is 19.0 Å². The van der Waals surface area contributed by atoms with Gasteiger partial charge in [0.25, 0.3) is 0 Å². The Bertz CT molecular complexity index is 656. The number of aromatic nitrogens is 1. The summed E-state index contributed by atoms with van der Waals surface area (Å²) in [5, 5.41) is 9.07. The highest BCUT2D eigenvalue weighted by Gasteiger charge is 2.16. The highest BCUT2D eigenvalue weighted by molar-refractivity contribution is 5.89. The predicted octanol–water partition coefficient (Wildman–Crippen LogP) is 3.16. The lowest BCUT2D eigenvalue weighted by atomic mass is 10.1. The topological polar surface area (TPSA) is 59.4 Å². The van der Waals surface area contributed by atoms with E-state index in [1.165, 1.54) is 25.3 Å². The van der Waals surface area contributed by atoms with Gasteiger partial charge in [0.15, 0.2) is 0 Å². The summed E-state index contributed by atoms with van der Waals surface area (Å²) >= 11 is 0. The molecule has 0 saturated heterocycles. The maximum atomic E-state index is 14.0. The number of carbonyl (C=O) groups is 1. The van der Waals surface area contributed by atoms with E-state index in [1.54, 1.807) is 19.1 Å². The quantitative estimate of drug-likeness (QED) is 0.931. The average molecular weight is 275 g/mol. The summed E-state index contributed by atoms with van der Waals surface area (Å²) in [4.78, 5) is 15.3. The molecule has 5 heteroatoms. The first kappa shape index (κ1) is 14.0. The number of methoxy groups -OCH3 is 1. The third kappa shape index (κ3) is 2.47. The number of carboxylic acids is 1. The molecule has 2 rings (SSSR count). The van der Waals surface area contributed by atoms with E-state index < -0.39 is 11.8 Å². The molecule has 1 N–H and O–H groups in total. The van der Waals surface area contributed by atoms with Crippen LogP contribution < -0.4 is 4.74 Å². The van der Waals surface area contributed by atoms with E-state index in [4.69, 9.17) is 9.84 Å². The van der Waals surface area contributed by atoms with Gasteiger partial charge in [-0.2, -0.15) is 0 Å². The maximum Gasteiger partial charge on any atom is 0.337 e. The van der Waals surface area contributed by atoms with Crippen molar-refractivity contribution in [3.05, 3.63) is 47.4 Å². The highest BCUT2D eigenvalue weighted by atomic mass is 19.1. The normalized spacial score (nSPS) is 10.3. The second-order valence-corrected chi connectivity index (χ2v) is 4.17. The van der Waals surface area contributed by atoms with Crippen molar-refractivity contribution >= 4 is 5.97 Å². The summed E-state index contributed by atoms with van der Waals surface area (Å²) < 4.78 is 19.1. The standard InChI is InChI=1S/C15H14FNO3/c1-3-11-9(15(18)19)7-8-12(17-11)14-10(16)5-4-6-13(14)20-2/h4-8H,3H2,1-2H3,(H,18,19). The first-order valence-corrected chi connectivity index (χ1v) is 6.14. The summed E-state index contributed by atoms with van der Waals surface area (Å²) in [6, 6.07) is 7.43. The van der Waals surface area contributed by atoms with Gasteiger partial charge in [0.1, 0.15) is 11.6 Å². The van der Waals surface area contributed by atoms with Gasteiger partial charge in [0.05, 0.1) is 29.6 Å². The minimum absolute atomic E-state index is 0.131. The zero-order chi connectivity index (χ0) is 14.7. The number of hydrogen-bond donors (Lipinski definition) is 1. The molecule has 0 fully saturated rings. The van der Waals surface area contributed by atoms with Crippen LogP contribution in [-0.2, 0) is 6.42 Å². The van der Waals surface area contributed by atoms with Crippen molar-refractivity contribution in [1.82, 2.24) is 4.98 Å². The summed E-state index contributed by atoms with van der Waals surface area (Å²) in [7, 11) is 1.45. The number of rotatable bonds is 4. The number of hydrogen-bond acceptors (Lipinski definition) is 3. The van der Waals surface area contributed by atoms with Gasteiger partial charge in [-0.3, -0.25) is 4.98 Å². The lowest BCUT2D eigenvalue weighted by Gasteiger charge is -2.11. The van der Waals surface area contributed by atoms with E-state index in [-0.39, 0.29) is 11.1 Å². The van der Waals surface area contributed by atoms with Crippen LogP contribution in [0.3, 0.4) is 0 Å². The molecule has 0 amide bonds. The Morgan fingerprint density at radius 2 is 2.10 bits per heavy atom. The zero-order valence-corrected chi connectivity index (χ0v) is 11.2. The predicted molar refractivity (Wildman–Crippen MR) is 72.5 cm³/mol. The van der Waals surface area contributed by atoms with Gasteiger partial charge in [-0.25, -0.2) is 9.18 Å². The molecular formula is C15H14FNO3. The minimum atomic E-state index is -1.04. The summed E-state index contributed by atoms with van der Waals surface area (Å²) in [5.41, 5.74) is 1.15. The number of benzene rings is 1. The molecule has 1 heterocycles. The third-order valence-corrected chi connectivity index (χ3v) is 2.99. The molecule has 0 aliphatic carbocycles. The van der Waals surface area contributed by atoms with Gasteiger partial charge in [-0.15, -0.1) is 0 Å². The minimum Gasteiger partial charge on any atom is -0.496 e. The Hall–Kier alpha value is -2.43. The van der Waals surface area contributed by atoms with E-state index in [2.05, 4.69) is 4.98 Å². The van der Waals surface area contributed by atoms with Crippen molar-refractivity contribution in [2.45, 2.75) is 13.3 Å².